The lowest BCUT2D eigenvalue weighted by Gasteiger charge is -2.17. The zero-order chi connectivity index (χ0) is 19.3. The highest BCUT2D eigenvalue weighted by atomic mass is 19.1. The van der Waals surface area contributed by atoms with Gasteiger partial charge in [-0.2, -0.15) is 0 Å². The van der Waals surface area contributed by atoms with Gasteiger partial charge < -0.3 is 15.3 Å². The monoisotopic (exact) mass is 362 g/mol. The molecule has 0 heterocycles. The van der Waals surface area contributed by atoms with Crippen molar-refractivity contribution in [2.24, 2.45) is 0 Å². The molecule has 0 spiro atoms. The number of amides is 2. The summed E-state index contributed by atoms with van der Waals surface area (Å²) in [5.74, 6) is -3.09. The van der Waals surface area contributed by atoms with Gasteiger partial charge in [-0.15, -0.1) is 0 Å². The quantitative estimate of drug-likeness (QED) is 0.821. The van der Waals surface area contributed by atoms with Gasteiger partial charge in [-0.1, -0.05) is 13.3 Å². The van der Waals surface area contributed by atoms with Crippen molar-refractivity contribution >= 4 is 17.5 Å². The van der Waals surface area contributed by atoms with E-state index < -0.39 is 17.5 Å². The Morgan fingerprint density at radius 1 is 1.12 bits per heavy atom. The number of hydrogen-bond acceptors (Lipinski definition) is 3. The van der Waals surface area contributed by atoms with Gasteiger partial charge in [0.1, 0.15) is 17.4 Å². The molecule has 2 aromatic carbocycles. The largest absolute Gasteiger partial charge is 0.507 e. The molecule has 0 aliphatic rings. The number of phenolic OH excluding ortho intramolecular Hbond substituents is 1. The van der Waals surface area contributed by atoms with Crippen molar-refractivity contribution in [1.82, 2.24) is 4.90 Å². The van der Waals surface area contributed by atoms with Crippen LogP contribution in [-0.4, -0.2) is 35.4 Å². The van der Waals surface area contributed by atoms with E-state index in [-0.39, 0.29) is 28.5 Å². The van der Waals surface area contributed by atoms with Crippen molar-refractivity contribution in [3.63, 3.8) is 0 Å². The summed E-state index contributed by atoms with van der Waals surface area (Å²) in [5.41, 5.74) is 0.116. The topological polar surface area (TPSA) is 69.6 Å². The Hall–Kier alpha value is -2.96. The lowest BCUT2D eigenvalue weighted by atomic mass is 10.1. The molecule has 7 heteroatoms. The number of aromatic hydroxyl groups is 1. The molecule has 0 fully saturated rings. The number of rotatable bonds is 6. The third kappa shape index (κ3) is 4.78. The Kier molecular flexibility index (Phi) is 6.27. The van der Waals surface area contributed by atoms with E-state index >= 15 is 0 Å². The van der Waals surface area contributed by atoms with Crippen molar-refractivity contribution in [1.29, 1.82) is 0 Å². The summed E-state index contributed by atoms with van der Waals surface area (Å²) in [7, 11) is 1.64. The van der Waals surface area contributed by atoms with E-state index in [1.165, 1.54) is 23.1 Å². The van der Waals surface area contributed by atoms with Gasteiger partial charge in [-0.05, 0) is 30.7 Å². The lowest BCUT2D eigenvalue weighted by molar-refractivity contribution is 0.0790. The van der Waals surface area contributed by atoms with Crippen molar-refractivity contribution in [2.45, 2.75) is 19.8 Å². The van der Waals surface area contributed by atoms with E-state index in [1.807, 2.05) is 6.92 Å². The SMILES string of the molecule is CCCCN(C)C(=O)c1ccc(NC(=O)c2cc(F)cc(F)c2)cc1O. The van der Waals surface area contributed by atoms with Gasteiger partial charge >= 0.3 is 0 Å². The van der Waals surface area contributed by atoms with E-state index in [0.717, 1.165) is 25.0 Å². The van der Waals surface area contributed by atoms with Crippen LogP contribution in [0.4, 0.5) is 14.5 Å². The minimum atomic E-state index is -0.867. The molecule has 0 saturated heterocycles. The fourth-order valence-corrected chi connectivity index (χ4v) is 2.38. The molecule has 5 nitrogen and oxygen atoms in total. The van der Waals surface area contributed by atoms with Gasteiger partial charge in [0.15, 0.2) is 0 Å². The van der Waals surface area contributed by atoms with E-state index in [2.05, 4.69) is 5.32 Å². The van der Waals surface area contributed by atoms with Crippen LogP contribution in [0.15, 0.2) is 36.4 Å². The molecule has 138 valence electrons. The summed E-state index contributed by atoms with van der Waals surface area (Å²) in [6.45, 7) is 2.58. The fraction of sp³-hybridized carbons (Fsp3) is 0.263. The number of halogens is 2. The molecule has 0 atom stereocenters. The molecule has 0 aliphatic heterocycles. The van der Waals surface area contributed by atoms with E-state index in [9.17, 15) is 23.5 Å². The molecule has 2 N–H and O–H groups in total. The number of nitrogens with zero attached hydrogens (tertiary/aromatic N) is 1. The van der Waals surface area contributed by atoms with Gasteiger partial charge in [-0.25, -0.2) is 8.78 Å². The zero-order valence-electron chi connectivity index (χ0n) is 14.6. The van der Waals surface area contributed by atoms with Crippen LogP contribution < -0.4 is 5.32 Å². The summed E-state index contributed by atoms with van der Waals surface area (Å²) >= 11 is 0. The molecular formula is C19H20F2N2O3. The molecular weight excluding hydrogens is 342 g/mol. The smallest absolute Gasteiger partial charge is 0.257 e. The molecule has 0 unspecified atom stereocenters. The number of nitrogens with one attached hydrogen (secondary N) is 1. The van der Waals surface area contributed by atoms with Crippen molar-refractivity contribution < 1.29 is 23.5 Å². The maximum Gasteiger partial charge on any atom is 0.257 e. The van der Waals surface area contributed by atoms with Crippen LogP contribution in [0, 0.1) is 11.6 Å². The first-order valence-electron chi connectivity index (χ1n) is 8.17. The first-order chi connectivity index (χ1) is 12.3. The standard InChI is InChI=1S/C19H20F2N2O3/c1-3-4-7-23(2)19(26)16-6-5-15(11-17(16)24)22-18(25)12-8-13(20)10-14(21)9-12/h5-6,8-11,24H,3-4,7H2,1-2H3,(H,22,25). The van der Waals surface area contributed by atoms with Gasteiger partial charge in [0.2, 0.25) is 0 Å². The van der Waals surface area contributed by atoms with Crippen LogP contribution in [0.25, 0.3) is 0 Å². The number of carbonyl (C=O) groups excluding carboxylic acids is 2. The van der Waals surface area contributed by atoms with Crippen LogP contribution >= 0.6 is 0 Å². The van der Waals surface area contributed by atoms with Crippen LogP contribution in [-0.2, 0) is 0 Å². The number of phenols is 1. The predicted molar refractivity (Wildman–Crippen MR) is 94.3 cm³/mol. The second-order valence-corrected chi connectivity index (χ2v) is 5.92. The summed E-state index contributed by atoms with van der Waals surface area (Å²) < 4.78 is 26.4. The van der Waals surface area contributed by atoms with Crippen LogP contribution in [0.5, 0.6) is 5.75 Å². The van der Waals surface area contributed by atoms with Crippen molar-refractivity contribution in [3.05, 3.63) is 59.2 Å². The van der Waals surface area contributed by atoms with Crippen LogP contribution in [0.3, 0.4) is 0 Å². The molecule has 2 rings (SSSR count). The van der Waals surface area contributed by atoms with E-state index in [4.69, 9.17) is 0 Å². The Morgan fingerprint density at radius 3 is 2.35 bits per heavy atom. The molecule has 0 radical (unpaired) electrons. The summed E-state index contributed by atoms with van der Waals surface area (Å²) in [6, 6.07) is 6.51. The molecule has 0 aromatic heterocycles. The van der Waals surface area contributed by atoms with Crippen molar-refractivity contribution in [3.8, 4) is 5.75 Å². The van der Waals surface area contributed by atoms with Gasteiger partial charge in [0, 0.05) is 37.0 Å². The maximum atomic E-state index is 13.2. The summed E-state index contributed by atoms with van der Waals surface area (Å²) in [4.78, 5) is 25.9. The predicted octanol–water partition coefficient (Wildman–Crippen LogP) is 3.79. The molecule has 2 amide bonds. The first-order valence-corrected chi connectivity index (χ1v) is 8.17. The minimum Gasteiger partial charge on any atom is -0.507 e. The molecule has 26 heavy (non-hydrogen) atoms. The number of anilines is 1. The number of hydrogen-bond donors (Lipinski definition) is 2. The fourth-order valence-electron chi connectivity index (χ4n) is 2.38. The lowest BCUT2D eigenvalue weighted by Crippen LogP contribution is -2.27. The third-order valence-corrected chi connectivity index (χ3v) is 3.80. The number of carbonyl (C=O) groups is 2. The van der Waals surface area contributed by atoms with Crippen LogP contribution in [0.2, 0.25) is 0 Å². The average molecular weight is 362 g/mol. The van der Waals surface area contributed by atoms with Gasteiger partial charge in [-0.3, -0.25) is 9.59 Å². The molecule has 0 saturated carbocycles. The van der Waals surface area contributed by atoms with Gasteiger partial charge in [0.05, 0.1) is 5.56 Å². The summed E-state index contributed by atoms with van der Waals surface area (Å²) in [5, 5.41) is 12.5. The Balaban J connectivity index is 2.13. The first kappa shape index (κ1) is 19.4. The number of unbranched alkanes of at least 4 members (excludes halogenated alkanes) is 1. The highest BCUT2D eigenvalue weighted by Gasteiger charge is 2.17. The molecule has 0 aliphatic carbocycles. The zero-order valence-corrected chi connectivity index (χ0v) is 14.6. The molecule has 2 aromatic rings. The highest BCUT2D eigenvalue weighted by Crippen LogP contribution is 2.24. The van der Waals surface area contributed by atoms with E-state index in [0.29, 0.717) is 12.6 Å². The highest BCUT2D eigenvalue weighted by molar-refractivity contribution is 6.05. The average Bonchev–Trinajstić information content (AvgIpc) is 2.58. The van der Waals surface area contributed by atoms with Crippen molar-refractivity contribution in [2.75, 3.05) is 18.9 Å². The van der Waals surface area contributed by atoms with E-state index in [1.54, 1.807) is 7.05 Å². The normalized spacial score (nSPS) is 10.5. The second-order valence-electron chi connectivity index (χ2n) is 5.92. The Bertz CT molecular complexity index is 804. The minimum absolute atomic E-state index is 0.110. The van der Waals surface area contributed by atoms with Crippen LogP contribution in [0.1, 0.15) is 40.5 Å². The summed E-state index contributed by atoms with van der Waals surface area (Å²) in [6.07, 6.45) is 1.79. The Labute approximate surface area is 150 Å². The maximum absolute atomic E-state index is 13.2. The number of benzene rings is 2. The van der Waals surface area contributed by atoms with Gasteiger partial charge in [0.25, 0.3) is 11.8 Å². The molecule has 0 bridgehead atoms. The Morgan fingerprint density at radius 2 is 1.77 bits per heavy atom. The third-order valence-electron chi connectivity index (χ3n) is 3.80. The second kappa shape index (κ2) is 8.42.